The van der Waals surface area contributed by atoms with Crippen LogP contribution in [0.3, 0.4) is 0 Å². The molecule has 1 N–H and O–H groups in total. The summed E-state index contributed by atoms with van der Waals surface area (Å²) in [6, 6.07) is 4.49. The summed E-state index contributed by atoms with van der Waals surface area (Å²) in [6.07, 6.45) is 1.38. The van der Waals surface area contributed by atoms with E-state index >= 15 is 0 Å². The van der Waals surface area contributed by atoms with Gasteiger partial charge in [0.1, 0.15) is 17.4 Å². The fraction of sp³-hybridized carbons (Fsp3) is 0.100. The predicted octanol–water partition coefficient (Wildman–Crippen LogP) is 2.71. The van der Waals surface area contributed by atoms with Crippen molar-refractivity contribution in [1.82, 2.24) is 9.78 Å². The minimum Gasteiger partial charge on any atom is -0.374 e. The lowest BCUT2D eigenvalue weighted by Crippen LogP contribution is -1.98. The Bertz CT molecular complexity index is 612. The average Bonchev–Trinajstić information content (AvgIpc) is 2.69. The summed E-state index contributed by atoms with van der Waals surface area (Å²) in [4.78, 5) is 10.4. The van der Waals surface area contributed by atoms with E-state index < -0.39 is 4.92 Å². The molecule has 0 amide bonds. The second kappa shape index (κ2) is 4.93. The van der Waals surface area contributed by atoms with Gasteiger partial charge in [-0.05, 0) is 12.1 Å². The molecule has 94 valence electrons. The Morgan fingerprint density at radius 1 is 1.39 bits per heavy atom. The Labute approximate surface area is 112 Å². The highest BCUT2D eigenvalue weighted by molar-refractivity contribution is 6.34. The summed E-state index contributed by atoms with van der Waals surface area (Å²) < 4.78 is 1.17. The highest BCUT2D eigenvalue weighted by Crippen LogP contribution is 2.37. The van der Waals surface area contributed by atoms with E-state index in [1.165, 1.54) is 23.0 Å². The van der Waals surface area contributed by atoms with Gasteiger partial charge in [0.15, 0.2) is 0 Å². The number of aliphatic hydroxyl groups excluding tert-OH is 1. The molecule has 0 saturated carbocycles. The van der Waals surface area contributed by atoms with Crippen molar-refractivity contribution in [2.45, 2.75) is 6.73 Å². The van der Waals surface area contributed by atoms with Gasteiger partial charge in [0.2, 0.25) is 0 Å². The van der Waals surface area contributed by atoms with Crippen molar-refractivity contribution in [3.05, 3.63) is 44.6 Å². The van der Waals surface area contributed by atoms with Gasteiger partial charge in [-0.15, -0.1) is 0 Å². The molecule has 1 aromatic carbocycles. The van der Waals surface area contributed by atoms with Crippen LogP contribution in [0.5, 0.6) is 0 Å². The number of aromatic nitrogens is 2. The smallest absolute Gasteiger partial charge is 0.297 e. The van der Waals surface area contributed by atoms with Gasteiger partial charge < -0.3 is 5.11 Å². The lowest BCUT2D eigenvalue weighted by molar-refractivity contribution is -0.384. The van der Waals surface area contributed by atoms with Gasteiger partial charge >= 0.3 is 0 Å². The highest BCUT2D eigenvalue weighted by atomic mass is 35.5. The number of para-hydroxylation sites is 1. The normalized spacial score (nSPS) is 10.6. The van der Waals surface area contributed by atoms with Gasteiger partial charge in [0.05, 0.1) is 15.5 Å². The highest BCUT2D eigenvalue weighted by Gasteiger charge is 2.23. The summed E-state index contributed by atoms with van der Waals surface area (Å²) in [5.41, 5.74) is 0.161. The van der Waals surface area contributed by atoms with Crippen LogP contribution in [0.4, 0.5) is 5.69 Å². The molecule has 1 aromatic heterocycles. The Kier molecular flexibility index (Phi) is 3.51. The minimum atomic E-state index is -0.591. The van der Waals surface area contributed by atoms with Crippen molar-refractivity contribution < 1.29 is 10.0 Å². The number of halogens is 2. The molecule has 0 bridgehead atoms. The molecule has 0 saturated heterocycles. The standard InChI is InChI=1S/C10H7Cl2N3O3/c11-7-3-1-2-6(10(7)15(17)18)9-8(12)4-14(5-16)13-9/h1-4,16H,5H2. The largest absolute Gasteiger partial charge is 0.374 e. The van der Waals surface area contributed by atoms with E-state index in [4.69, 9.17) is 28.3 Å². The van der Waals surface area contributed by atoms with Crippen LogP contribution in [0.1, 0.15) is 0 Å². The first kappa shape index (κ1) is 12.8. The van der Waals surface area contributed by atoms with Crippen molar-refractivity contribution in [2.24, 2.45) is 0 Å². The second-order valence-corrected chi connectivity index (χ2v) is 4.21. The van der Waals surface area contributed by atoms with Gasteiger partial charge in [0, 0.05) is 6.20 Å². The lowest BCUT2D eigenvalue weighted by atomic mass is 10.1. The number of aliphatic hydroxyl groups is 1. The molecule has 0 aliphatic heterocycles. The first-order valence-electron chi connectivity index (χ1n) is 4.81. The molecule has 0 atom stereocenters. The number of hydrogen-bond acceptors (Lipinski definition) is 4. The number of rotatable bonds is 3. The fourth-order valence-electron chi connectivity index (χ4n) is 1.54. The Morgan fingerprint density at radius 3 is 2.67 bits per heavy atom. The average molecular weight is 288 g/mol. The van der Waals surface area contributed by atoms with Crippen LogP contribution < -0.4 is 0 Å². The number of nitro benzene ring substituents is 1. The molecule has 2 rings (SSSR count). The Balaban J connectivity index is 2.67. The molecule has 0 radical (unpaired) electrons. The zero-order chi connectivity index (χ0) is 13.3. The third-order valence-electron chi connectivity index (χ3n) is 2.29. The maximum Gasteiger partial charge on any atom is 0.297 e. The summed E-state index contributed by atoms with van der Waals surface area (Å²) >= 11 is 11.7. The maximum atomic E-state index is 11.0. The number of nitrogens with zero attached hydrogens (tertiary/aromatic N) is 3. The molecular weight excluding hydrogens is 281 g/mol. The zero-order valence-electron chi connectivity index (χ0n) is 8.88. The van der Waals surface area contributed by atoms with E-state index in [1.54, 1.807) is 6.07 Å². The molecule has 0 unspecified atom stereocenters. The van der Waals surface area contributed by atoms with E-state index in [-0.39, 0.29) is 33.7 Å². The van der Waals surface area contributed by atoms with E-state index in [1.807, 2.05) is 0 Å². The third kappa shape index (κ3) is 2.17. The minimum absolute atomic E-state index is 0.00659. The SMILES string of the molecule is O=[N+]([O-])c1c(Cl)cccc1-c1nn(CO)cc1Cl. The van der Waals surface area contributed by atoms with Crippen LogP contribution >= 0.6 is 23.2 Å². The van der Waals surface area contributed by atoms with Crippen molar-refractivity contribution in [1.29, 1.82) is 0 Å². The molecule has 8 heteroatoms. The molecule has 18 heavy (non-hydrogen) atoms. The summed E-state index contributed by atoms with van der Waals surface area (Å²) in [5.74, 6) is 0. The first-order valence-corrected chi connectivity index (χ1v) is 5.57. The first-order chi connectivity index (χ1) is 8.54. The van der Waals surface area contributed by atoms with Gasteiger partial charge in [-0.3, -0.25) is 10.1 Å². The van der Waals surface area contributed by atoms with E-state index in [0.29, 0.717) is 0 Å². The molecule has 6 nitrogen and oxygen atoms in total. The maximum absolute atomic E-state index is 11.0. The van der Waals surface area contributed by atoms with Crippen molar-refractivity contribution in [3.8, 4) is 11.3 Å². The Hall–Kier alpha value is -1.63. The predicted molar refractivity (Wildman–Crippen MR) is 66.6 cm³/mol. The molecule has 0 fully saturated rings. The fourth-order valence-corrected chi connectivity index (χ4v) is 2.04. The number of nitro groups is 1. The summed E-state index contributed by atoms with van der Waals surface area (Å²) in [6.45, 7) is -0.367. The zero-order valence-corrected chi connectivity index (χ0v) is 10.4. The summed E-state index contributed by atoms with van der Waals surface area (Å²) in [7, 11) is 0. The monoisotopic (exact) mass is 287 g/mol. The van der Waals surface area contributed by atoms with Crippen molar-refractivity contribution >= 4 is 28.9 Å². The van der Waals surface area contributed by atoms with Gasteiger partial charge in [-0.1, -0.05) is 29.3 Å². The van der Waals surface area contributed by atoms with Gasteiger partial charge in [-0.2, -0.15) is 5.10 Å². The molecule has 2 aromatic rings. The second-order valence-electron chi connectivity index (χ2n) is 3.40. The van der Waals surface area contributed by atoms with E-state index in [0.717, 1.165) is 0 Å². The van der Waals surface area contributed by atoms with Crippen LogP contribution in [-0.2, 0) is 6.73 Å². The molecule has 1 heterocycles. The van der Waals surface area contributed by atoms with Crippen molar-refractivity contribution in [3.63, 3.8) is 0 Å². The third-order valence-corrected chi connectivity index (χ3v) is 2.87. The number of benzene rings is 1. The topological polar surface area (TPSA) is 81.2 Å². The quantitative estimate of drug-likeness (QED) is 0.695. The van der Waals surface area contributed by atoms with Crippen molar-refractivity contribution in [2.75, 3.05) is 0 Å². The van der Waals surface area contributed by atoms with Crippen LogP contribution in [0.25, 0.3) is 11.3 Å². The summed E-state index contributed by atoms with van der Waals surface area (Å²) in [5, 5.41) is 24.1. The van der Waals surface area contributed by atoms with Crippen LogP contribution in [0, 0.1) is 10.1 Å². The molecule has 0 aliphatic rings. The van der Waals surface area contributed by atoms with E-state index in [9.17, 15) is 10.1 Å². The van der Waals surface area contributed by atoms with Crippen LogP contribution in [-0.4, -0.2) is 19.8 Å². The molecular formula is C10H7Cl2N3O3. The van der Waals surface area contributed by atoms with Gasteiger partial charge in [0.25, 0.3) is 5.69 Å². The van der Waals surface area contributed by atoms with Gasteiger partial charge in [-0.25, -0.2) is 4.68 Å². The Morgan fingerprint density at radius 2 is 2.11 bits per heavy atom. The lowest BCUT2D eigenvalue weighted by Gasteiger charge is -2.01. The van der Waals surface area contributed by atoms with Crippen LogP contribution in [0.2, 0.25) is 10.0 Å². The molecule has 0 aliphatic carbocycles. The number of hydrogen-bond donors (Lipinski definition) is 1. The van der Waals surface area contributed by atoms with E-state index in [2.05, 4.69) is 5.10 Å². The molecule has 0 spiro atoms. The van der Waals surface area contributed by atoms with Crippen LogP contribution in [0.15, 0.2) is 24.4 Å².